The summed E-state index contributed by atoms with van der Waals surface area (Å²) in [6, 6.07) is 8.22. The zero-order valence-electron chi connectivity index (χ0n) is 15.5. The van der Waals surface area contributed by atoms with Gasteiger partial charge in [0.15, 0.2) is 5.78 Å². The summed E-state index contributed by atoms with van der Waals surface area (Å²) < 4.78 is 5.35. The molecule has 0 amide bonds. The lowest BCUT2D eigenvalue weighted by molar-refractivity contribution is -0.118. The number of carbonyl (C=O) groups is 1. The van der Waals surface area contributed by atoms with Gasteiger partial charge in [0.2, 0.25) is 0 Å². The lowest BCUT2D eigenvalue weighted by Crippen LogP contribution is -2.36. The number of ketones is 1. The molecular weight excluding hydrogens is 312 g/mol. The van der Waals surface area contributed by atoms with Gasteiger partial charge in [-0.05, 0) is 42.9 Å². The van der Waals surface area contributed by atoms with Crippen LogP contribution >= 0.6 is 0 Å². The zero-order chi connectivity index (χ0) is 18.4. The van der Waals surface area contributed by atoms with Gasteiger partial charge in [-0.25, -0.2) is 0 Å². The summed E-state index contributed by atoms with van der Waals surface area (Å²) >= 11 is 0. The minimum absolute atomic E-state index is 0.0618. The fourth-order valence-corrected chi connectivity index (χ4v) is 4.00. The van der Waals surface area contributed by atoms with Gasteiger partial charge in [-0.3, -0.25) is 4.79 Å². The number of Topliss-reactive ketones (excluding diaryl/α,β-unsaturated/α-hetero) is 1. The van der Waals surface area contributed by atoms with Crippen molar-refractivity contribution in [2.75, 3.05) is 7.11 Å². The molecule has 0 fully saturated rings. The molecule has 0 radical (unpaired) electrons. The molecule has 1 aliphatic heterocycles. The van der Waals surface area contributed by atoms with E-state index in [0.29, 0.717) is 12.0 Å². The highest BCUT2D eigenvalue weighted by molar-refractivity contribution is 6.00. The van der Waals surface area contributed by atoms with Gasteiger partial charge in [-0.1, -0.05) is 26.0 Å². The molecule has 1 atom stereocenters. The number of allylic oxidation sites excluding steroid dienone is 4. The molecule has 3 rings (SSSR count). The lowest BCUT2D eigenvalue weighted by Gasteiger charge is -2.38. The summed E-state index contributed by atoms with van der Waals surface area (Å²) in [6.45, 7) is 8.12. The molecule has 1 aromatic rings. The Kier molecular flexibility index (Phi) is 4.20. The van der Waals surface area contributed by atoms with Gasteiger partial charge < -0.3 is 10.1 Å². The Morgan fingerprint density at radius 1 is 1.28 bits per heavy atom. The predicted molar refractivity (Wildman–Crippen MR) is 97.0 cm³/mol. The molecule has 4 heteroatoms. The van der Waals surface area contributed by atoms with Crippen molar-refractivity contribution in [2.24, 2.45) is 5.41 Å². The van der Waals surface area contributed by atoms with Gasteiger partial charge in [0.1, 0.15) is 5.75 Å². The van der Waals surface area contributed by atoms with Crippen LogP contribution in [0.25, 0.3) is 0 Å². The molecule has 0 bridgehead atoms. The number of dihydropyridines is 1. The third kappa shape index (κ3) is 2.95. The van der Waals surface area contributed by atoms with E-state index in [9.17, 15) is 10.1 Å². The molecule has 1 aromatic carbocycles. The molecule has 130 valence electrons. The van der Waals surface area contributed by atoms with Crippen LogP contribution < -0.4 is 10.1 Å². The van der Waals surface area contributed by atoms with Crippen molar-refractivity contribution in [2.45, 2.75) is 46.5 Å². The van der Waals surface area contributed by atoms with Crippen molar-refractivity contribution >= 4 is 5.78 Å². The number of benzene rings is 1. The normalized spacial score (nSPS) is 22.2. The van der Waals surface area contributed by atoms with Crippen molar-refractivity contribution in [3.8, 4) is 11.8 Å². The number of ether oxygens (including phenoxy) is 1. The first-order valence-corrected chi connectivity index (χ1v) is 8.56. The Morgan fingerprint density at radius 3 is 2.60 bits per heavy atom. The van der Waals surface area contributed by atoms with Crippen LogP contribution in [0.5, 0.6) is 5.75 Å². The summed E-state index contributed by atoms with van der Waals surface area (Å²) in [7, 11) is 1.64. The maximum Gasteiger partial charge on any atom is 0.162 e. The van der Waals surface area contributed by atoms with E-state index in [0.717, 1.165) is 40.3 Å². The number of aryl methyl sites for hydroxylation is 1. The number of nitrogens with zero attached hydrogens (tertiary/aromatic N) is 1. The second-order valence-electron chi connectivity index (χ2n) is 7.77. The van der Waals surface area contributed by atoms with E-state index in [-0.39, 0.29) is 17.1 Å². The predicted octanol–water partition coefficient (Wildman–Crippen LogP) is 4.13. The minimum atomic E-state index is -0.297. The molecule has 0 unspecified atom stereocenters. The fourth-order valence-electron chi connectivity index (χ4n) is 4.00. The largest absolute Gasteiger partial charge is 0.496 e. The van der Waals surface area contributed by atoms with Crippen molar-refractivity contribution in [3.05, 3.63) is 51.9 Å². The van der Waals surface area contributed by atoms with Gasteiger partial charge in [0, 0.05) is 23.4 Å². The molecule has 1 N–H and O–H groups in total. The molecular formula is C21H24N2O2. The number of methoxy groups -OCH3 is 1. The van der Waals surface area contributed by atoms with Crippen LogP contribution in [0.4, 0.5) is 0 Å². The van der Waals surface area contributed by atoms with Gasteiger partial charge in [0.05, 0.1) is 24.7 Å². The van der Waals surface area contributed by atoms with Crippen LogP contribution in [0.1, 0.15) is 50.7 Å². The maximum absolute atomic E-state index is 12.9. The van der Waals surface area contributed by atoms with E-state index >= 15 is 0 Å². The third-order valence-electron chi connectivity index (χ3n) is 5.11. The minimum Gasteiger partial charge on any atom is -0.496 e. The van der Waals surface area contributed by atoms with E-state index in [1.807, 2.05) is 32.0 Å². The number of nitriles is 1. The van der Waals surface area contributed by atoms with Crippen LogP contribution in [0.2, 0.25) is 0 Å². The molecule has 0 saturated carbocycles. The van der Waals surface area contributed by atoms with Crippen LogP contribution in [-0.2, 0) is 4.79 Å². The smallest absolute Gasteiger partial charge is 0.162 e. The molecule has 0 saturated heterocycles. The van der Waals surface area contributed by atoms with Crippen LogP contribution in [-0.4, -0.2) is 12.9 Å². The fraction of sp³-hybridized carbons (Fsp3) is 0.429. The molecule has 1 heterocycles. The molecule has 25 heavy (non-hydrogen) atoms. The first kappa shape index (κ1) is 17.3. The van der Waals surface area contributed by atoms with Crippen molar-refractivity contribution < 1.29 is 9.53 Å². The monoisotopic (exact) mass is 336 g/mol. The number of hydrogen-bond donors (Lipinski definition) is 1. The highest BCUT2D eigenvalue weighted by Gasteiger charge is 2.41. The number of rotatable bonds is 2. The highest BCUT2D eigenvalue weighted by Crippen LogP contribution is 2.46. The van der Waals surface area contributed by atoms with Gasteiger partial charge >= 0.3 is 0 Å². The van der Waals surface area contributed by atoms with E-state index in [1.54, 1.807) is 7.11 Å². The average Bonchev–Trinajstić information content (AvgIpc) is 2.52. The van der Waals surface area contributed by atoms with E-state index in [2.05, 4.69) is 25.2 Å². The van der Waals surface area contributed by atoms with Gasteiger partial charge in [-0.2, -0.15) is 5.26 Å². The molecule has 0 spiro atoms. The average molecular weight is 336 g/mol. The van der Waals surface area contributed by atoms with Crippen molar-refractivity contribution in [1.29, 1.82) is 5.26 Å². The second kappa shape index (κ2) is 6.07. The highest BCUT2D eigenvalue weighted by atomic mass is 16.5. The summed E-state index contributed by atoms with van der Waals surface area (Å²) in [5.41, 5.74) is 5.09. The first-order valence-electron chi connectivity index (χ1n) is 8.56. The lowest BCUT2D eigenvalue weighted by atomic mass is 9.69. The third-order valence-corrected chi connectivity index (χ3v) is 5.11. The summed E-state index contributed by atoms with van der Waals surface area (Å²) in [5.74, 6) is 0.647. The van der Waals surface area contributed by atoms with Crippen molar-refractivity contribution in [1.82, 2.24) is 5.32 Å². The summed E-state index contributed by atoms with van der Waals surface area (Å²) in [4.78, 5) is 12.9. The van der Waals surface area contributed by atoms with Gasteiger partial charge in [-0.15, -0.1) is 0 Å². The Labute approximate surface area is 149 Å². The van der Waals surface area contributed by atoms with Gasteiger partial charge in [0.25, 0.3) is 0 Å². The van der Waals surface area contributed by atoms with Crippen molar-refractivity contribution in [3.63, 3.8) is 0 Å². The van der Waals surface area contributed by atoms with Crippen LogP contribution in [0, 0.1) is 23.7 Å². The standard InChI is InChI=1S/C21H24N2O2/c1-12-8-14(6-7-18(12)25-5)19-15(11-22)13(2)23-16-9-21(3,4)10-17(24)20(16)19/h6-8,19,23H,9-10H2,1-5H3/t19-/m1/s1. The Morgan fingerprint density at radius 2 is 2.00 bits per heavy atom. The number of carbonyl (C=O) groups excluding carboxylic acids is 1. The Balaban J connectivity index is 2.18. The first-order chi connectivity index (χ1) is 11.8. The molecule has 0 aromatic heterocycles. The van der Waals surface area contributed by atoms with E-state index < -0.39 is 0 Å². The number of hydrogen-bond acceptors (Lipinski definition) is 4. The quantitative estimate of drug-likeness (QED) is 0.882. The van der Waals surface area contributed by atoms with E-state index in [4.69, 9.17) is 4.74 Å². The second-order valence-corrected chi connectivity index (χ2v) is 7.77. The summed E-state index contributed by atoms with van der Waals surface area (Å²) in [6.07, 6.45) is 1.33. The number of nitrogens with one attached hydrogen (secondary N) is 1. The zero-order valence-corrected chi connectivity index (χ0v) is 15.5. The Hall–Kier alpha value is -2.54. The molecule has 2 aliphatic rings. The molecule has 4 nitrogen and oxygen atoms in total. The van der Waals surface area contributed by atoms with Crippen LogP contribution in [0.3, 0.4) is 0 Å². The molecule has 1 aliphatic carbocycles. The maximum atomic E-state index is 12.9. The SMILES string of the molecule is COc1ccc([C@@H]2C(C#N)=C(C)NC3=C2C(=O)CC(C)(C)C3)cc1C. The topological polar surface area (TPSA) is 62.1 Å². The summed E-state index contributed by atoms with van der Waals surface area (Å²) in [5, 5.41) is 13.1. The Bertz CT molecular complexity index is 853. The van der Waals surface area contributed by atoms with E-state index in [1.165, 1.54) is 0 Å². The van der Waals surface area contributed by atoms with Crippen LogP contribution in [0.15, 0.2) is 40.7 Å².